The number of halogens is 1. The van der Waals surface area contributed by atoms with Gasteiger partial charge in [-0.3, -0.25) is 0 Å². The largest absolute Gasteiger partial charge is 0.476 e. The Hall–Kier alpha value is -1.75. The van der Waals surface area contributed by atoms with Crippen molar-refractivity contribution >= 4 is 17.5 Å². The van der Waals surface area contributed by atoms with E-state index < -0.39 is 5.97 Å². The zero-order chi connectivity index (χ0) is 10.8. The summed E-state index contributed by atoms with van der Waals surface area (Å²) in [5.41, 5.74) is 0.320. The van der Waals surface area contributed by atoms with Crippen molar-refractivity contribution in [3.05, 3.63) is 41.8 Å². The van der Waals surface area contributed by atoms with E-state index in [1.54, 1.807) is 18.2 Å². The Bertz CT molecular complexity index is 510. The normalized spacial score (nSPS) is 10.2. The molecule has 0 aliphatic rings. The maximum absolute atomic E-state index is 13.3. The van der Waals surface area contributed by atoms with Gasteiger partial charge in [-0.25, -0.2) is 9.18 Å². The van der Waals surface area contributed by atoms with Crippen molar-refractivity contribution in [2.45, 2.75) is 0 Å². The van der Waals surface area contributed by atoms with Crippen LogP contribution in [0.15, 0.2) is 30.3 Å². The summed E-state index contributed by atoms with van der Waals surface area (Å²) in [5.74, 6) is -1.48. The van der Waals surface area contributed by atoms with Crippen LogP contribution in [0.1, 0.15) is 10.5 Å². The second-order valence-corrected chi connectivity index (χ2v) is 3.67. The maximum atomic E-state index is 13.3. The lowest BCUT2D eigenvalue weighted by Crippen LogP contribution is -1.94. The predicted molar refractivity (Wildman–Crippen MR) is 54.5 cm³/mol. The van der Waals surface area contributed by atoms with E-state index in [1.807, 2.05) is 0 Å². The Kier molecular flexibility index (Phi) is 2.47. The van der Waals surface area contributed by atoms with E-state index in [9.17, 15) is 9.18 Å². The van der Waals surface area contributed by atoms with E-state index >= 15 is 0 Å². The molecule has 0 fully saturated rings. The van der Waals surface area contributed by atoms with Crippen molar-refractivity contribution in [1.29, 1.82) is 0 Å². The summed E-state index contributed by atoms with van der Waals surface area (Å²) in [6.45, 7) is 0. The molecule has 0 saturated heterocycles. The molecule has 15 heavy (non-hydrogen) atoms. The summed E-state index contributed by atoms with van der Waals surface area (Å²) in [4.78, 5) is 11.1. The van der Waals surface area contributed by atoms with Gasteiger partial charge in [0.15, 0.2) is 5.69 Å². The molecule has 0 atom stereocenters. The van der Waals surface area contributed by atoms with Crippen LogP contribution in [-0.4, -0.2) is 15.4 Å². The van der Waals surface area contributed by atoms with Crippen LogP contribution in [0.25, 0.3) is 10.4 Å². The topological polar surface area (TPSA) is 50.2 Å². The summed E-state index contributed by atoms with van der Waals surface area (Å²) in [6, 6.07) is 7.56. The molecular weight excluding hydrogens is 217 g/mol. The van der Waals surface area contributed by atoms with Crippen molar-refractivity contribution in [3.63, 3.8) is 0 Å². The first-order valence-corrected chi connectivity index (χ1v) is 4.91. The molecular formula is C10H6FNO2S. The Morgan fingerprint density at radius 1 is 1.40 bits per heavy atom. The molecule has 1 aromatic heterocycles. The number of aromatic carboxylic acids is 1. The van der Waals surface area contributed by atoms with Crippen LogP contribution < -0.4 is 0 Å². The highest BCUT2D eigenvalue weighted by molar-refractivity contribution is 7.09. The third-order valence-electron chi connectivity index (χ3n) is 1.87. The van der Waals surface area contributed by atoms with Crippen LogP contribution in [0.3, 0.4) is 0 Å². The average Bonchev–Trinajstić information content (AvgIpc) is 2.67. The minimum absolute atomic E-state index is 0.0572. The molecule has 5 heteroatoms. The lowest BCUT2D eigenvalue weighted by molar-refractivity contribution is 0.0692. The van der Waals surface area contributed by atoms with E-state index in [4.69, 9.17) is 5.11 Å². The number of carboxylic acid groups (broad SMARTS) is 1. The van der Waals surface area contributed by atoms with Crippen LogP contribution in [-0.2, 0) is 0 Å². The van der Waals surface area contributed by atoms with Crippen LogP contribution in [0.2, 0.25) is 0 Å². The highest BCUT2D eigenvalue weighted by atomic mass is 32.1. The van der Waals surface area contributed by atoms with Gasteiger partial charge in [0.25, 0.3) is 0 Å². The molecule has 2 aromatic rings. The molecule has 0 aliphatic heterocycles. The zero-order valence-electron chi connectivity index (χ0n) is 7.48. The number of carbonyl (C=O) groups is 1. The fraction of sp³-hybridized carbons (Fsp3) is 0. The molecule has 1 aromatic carbocycles. The lowest BCUT2D eigenvalue weighted by Gasteiger charge is -1.96. The van der Waals surface area contributed by atoms with Gasteiger partial charge in [-0.15, -0.1) is 0 Å². The highest BCUT2D eigenvalue weighted by Gasteiger charge is 2.12. The zero-order valence-corrected chi connectivity index (χ0v) is 8.29. The van der Waals surface area contributed by atoms with Gasteiger partial charge in [0, 0.05) is 5.56 Å². The molecule has 1 N–H and O–H groups in total. The Labute approximate surface area is 89.0 Å². The summed E-state index contributed by atoms with van der Waals surface area (Å²) in [7, 11) is 0. The van der Waals surface area contributed by atoms with Gasteiger partial charge in [-0.2, -0.15) is 4.37 Å². The van der Waals surface area contributed by atoms with E-state index in [-0.39, 0.29) is 11.5 Å². The monoisotopic (exact) mass is 223 g/mol. The predicted octanol–water partition coefficient (Wildman–Crippen LogP) is 2.65. The maximum Gasteiger partial charge on any atom is 0.355 e. The van der Waals surface area contributed by atoms with Crippen molar-refractivity contribution in [1.82, 2.24) is 4.37 Å². The second-order valence-electron chi connectivity index (χ2n) is 2.86. The minimum Gasteiger partial charge on any atom is -0.476 e. The van der Waals surface area contributed by atoms with Crippen molar-refractivity contribution in [3.8, 4) is 10.4 Å². The summed E-state index contributed by atoms with van der Waals surface area (Å²) in [5, 5.41) is 8.66. The van der Waals surface area contributed by atoms with Gasteiger partial charge in [0.1, 0.15) is 5.82 Å². The third-order valence-corrected chi connectivity index (χ3v) is 2.69. The molecule has 0 spiro atoms. The first-order chi connectivity index (χ1) is 7.18. The standard InChI is InChI=1S/C10H6FNO2S/c11-7-4-2-1-3-6(7)9-5-8(10(13)14)12-15-9/h1-5H,(H,13,14). The fourth-order valence-electron chi connectivity index (χ4n) is 1.16. The molecule has 0 aliphatic carbocycles. The minimum atomic E-state index is -1.10. The number of hydrogen-bond donors (Lipinski definition) is 1. The molecule has 0 unspecified atom stereocenters. The lowest BCUT2D eigenvalue weighted by atomic mass is 10.2. The van der Waals surface area contributed by atoms with Gasteiger partial charge in [-0.1, -0.05) is 18.2 Å². The number of hydrogen-bond acceptors (Lipinski definition) is 3. The highest BCUT2D eigenvalue weighted by Crippen LogP contribution is 2.26. The van der Waals surface area contributed by atoms with Crippen molar-refractivity contribution < 1.29 is 14.3 Å². The molecule has 0 saturated carbocycles. The van der Waals surface area contributed by atoms with Crippen LogP contribution in [0, 0.1) is 5.82 Å². The molecule has 0 amide bonds. The van der Waals surface area contributed by atoms with Gasteiger partial charge in [0.05, 0.1) is 4.88 Å². The SMILES string of the molecule is O=C(O)c1cc(-c2ccccc2F)sn1. The number of nitrogens with zero attached hydrogens (tertiary/aromatic N) is 1. The van der Waals surface area contributed by atoms with Gasteiger partial charge in [-0.05, 0) is 23.7 Å². The van der Waals surface area contributed by atoms with E-state index in [1.165, 1.54) is 12.1 Å². The van der Waals surface area contributed by atoms with Crippen LogP contribution >= 0.6 is 11.5 Å². The summed E-state index contributed by atoms with van der Waals surface area (Å²) >= 11 is 0.974. The quantitative estimate of drug-likeness (QED) is 0.851. The molecule has 76 valence electrons. The summed E-state index contributed by atoms with van der Waals surface area (Å²) in [6.07, 6.45) is 0. The smallest absolute Gasteiger partial charge is 0.355 e. The van der Waals surface area contributed by atoms with Gasteiger partial charge in [0.2, 0.25) is 0 Å². The summed E-state index contributed by atoms with van der Waals surface area (Å²) < 4.78 is 17.0. The first-order valence-electron chi connectivity index (χ1n) is 4.13. The molecule has 0 radical (unpaired) electrons. The van der Waals surface area contributed by atoms with Crippen molar-refractivity contribution in [2.75, 3.05) is 0 Å². The second kappa shape index (κ2) is 3.78. The average molecular weight is 223 g/mol. The number of benzene rings is 1. The van der Waals surface area contributed by atoms with E-state index in [2.05, 4.69) is 4.37 Å². The number of carboxylic acids is 1. The van der Waals surface area contributed by atoms with Crippen LogP contribution in [0.4, 0.5) is 4.39 Å². The first kappa shape index (κ1) is 9.79. The van der Waals surface area contributed by atoms with Crippen molar-refractivity contribution in [2.24, 2.45) is 0 Å². The molecule has 1 heterocycles. The Morgan fingerprint density at radius 2 is 2.13 bits per heavy atom. The Balaban J connectivity index is 2.46. The Morgan fingerprint density at radius 3 is 2.73 bits per heavy atom. The van der Waals surface area contributed by atoms with Gasteiger partial charge >= 0.3 is 5.97 Å². The number of aromatic nitrogens is 1. The molecule has 3 nitrogen and oxygen atoms in total. The van der Waals surface area contributed by atoms with E-state index in [0.717, 1.165) is 11.5 Å². The fourth-order valence-corrected chi connectivity index (χ4v) is 1.92. The third kappa shape index (κ3) is 1.87. The molecule has 0 bridgehead atoms. The molecule has 2 rings (SSSR count). The van der Waals surface area contributed by atoms with Crippen LogP contribution in [0.5, 0.6) is 0 Å². The van der Waals surface area contributed by atoms with Gasteiger partial charge < -0.3 is 5.11 Å². The van der Waals surface area contributed by atoms with E-state index in [0.29, 0.717) is 10.4 Å². The number of rotatable bonds is 2.